The molecular formula is C16H15ClN6O. The second-order valence-corrected chi connectivity index (χ2v) is 6.02. The number of amides is 1. The summed E-state index contributed by atoms with van der Waals surface area (Å²) in [7, 11) is 0. The molecule has 2 aromatic heterocycles. The number of aromatic nitrogens is 4. The number of hydrogen-bond acceptors (Lipinski definition) is 5. The van der Waals surface area contributed by atoms with Crippen LogP contribution in [0.15, 0.2) is 36.9 Å². The molecule has 1 fully saturated rings. The standard InChI is InChI=1S/C16H15ClN6O/c17-12-3-1-11(2-4-12)16(24)23-7-5-22(6-8-23)15-13-14(19-9-18-13)20-10-21-15/h1-4,9-10H,5-8H2,(H,18,19,20,21). The smallest absolute Gasteiger partial charge is 0.253 e. The molecule has 0 aliphatic carbocycles. The maximum Gasteiger partial charge on any atom is 0.253 e. The van der Waals surface area contributed by atoms with Gasteiger partial charge in [0.15, 0.2) is 11.5 Å². The minimum absolute atomic E-state index is 0.0284. The van der Waals surface area contributed by atoms with Gasteiger partial charge in [0.05, 0.1) is 6.33 Å². The molecule has 3 aromatic rings. The first-order valence-corrected chi connectivity index (χ1v) is 8.04. The molecule has 1 N–H and O–H groups in total. The number of anilines is 1. The third kappa shape index (κ3) is 2.67. The first-order chi connectivity index (χ1) is 11.7. The molecule has 122 valence electrons. The van der Waals surface area contributed by atoms with Crippen molar-refractivity contribution in [2.75, 3.05) is 31.1 Å². The van der Waals surface area contributed by atoms with Crippen molar-refractivity contribution >= 4 is 34.5 Å². The van der Waals surface area contributed by atoms with Crippen molar-refractivity contribution in [2.45, 2.75) is 0 Å². The van der Waals surface area contributed by atoms with E-state index in [4.69, 9.17) is 11.6 Å². The lowest BCUT2D eigenvalue weighted by molar-refractivity contribution is 0.0746. The van der Waals surface area contributed by atoms with E-state index < -0.39 is 0 Å². The number of benzene rings is 1. The average molecular weight is 343 g/mol. The van der Waals surface area contributed by atoms with Crippen molar-refractivity contribution in [1.29, 1.82) is 0 Å². The number of piperazine rings is 1. The fourth-order valence-corrected chi connectivity index (χ4v) is 3.01. The van der Waals surface area contributed by atoms with Crippen LogP contribution in [-0.4, -0.2) is 56.9 Å². The van der Waals surface area contributed by atoms with Crippen LogP contribution in [0, 0.1) is 0 Å². The zero-order chi connectivity index (χ0) is 16.5. The summed E-state index contributed by atoms with van der Waals surface area (Å²) in [4.78, 5) is 32.3. The SMILES string of the molecule is O=C(c1ccc(Cl)cc1)N1CCN(c2ncnc3nc[nH]c23)CC1. The third-order valence-electron chi connectivity index (χ3n) is 4.16. The maximum absolute atomic E-state index is 12.5. The summed E-state index contributed by atoms with van der Waals surface area (Å²) in [5.74, 6) is 0.858. The Labute approximate surface area is 143 Å². The molecule has 1 aromatic carbocycles. The quantitative estimate of drug-likeness (QED) is 0.770. The Balaban J connectivity index is 1.48. The first-order valence-electron chi connectivity index (χ1n) is 7.66. The lowest BCUT2D eigenvalue weighted by Gasteiger charge is -2.35. The molecule has 1 aliphatic heterocycles. The second-order valence-electron chi connectivity index (χ2n) is 5.58. The van der Waals surface area contributed by atoms with E-state index in [0.29, 0.717) is 42.4 Å². The van der Waals surface area contributed by atoms with Crippen LogP contribution >= 0.6 is 11.6 Å². The number of nitrogens with one attached hydrogen (secondary N) is 1. The number of hydrogen-bond donors (Lipinski definition) is 1. The van der Waals surface area contributed by atoms with Gasteiger partial charge in [0, 0.05) is 36.8 Å². The largest absolute Gasteiger partial charge is 0.351 e. The Hall–Kier alpha value is -2.67. The molecule has 0 bridgehead atoms. The topological polar surface area (TPSA) is 78.0 Å². The Kier molecular flexibility index (Phi) is 3.78. The van der Waals surface area contributed by atoms with Crippen LogP contribution in [0.3, 0.4) is 0 Å². The highest BCUT2D eigenvalue weighted by Gasteiger charge is 2.24. The molecule has 0 spiro atoms. The van der Waals surface area contributed by atoms with E-state index in [-0.39, 0.29) is 5.91 Å². The summed E-state index contributed by atoms with van der Waals surface area (Å²) in [6.45, 7) is 2.71. The highest BCUT2D eigenvalue weighted by Crippen LogP contribution is 2.21. The molecule has 8 heteroatoms. The van der Waals surface area contributed by atoms with E-state index >= 15 is 0 Å². The Morgan fingerprint density at radius 2 is 1.79 bits per heavy atom. The molecule has 0 unspecified atom stereocenters. The summed E-state index contributed by atoms with van der Waals surface area (Å²) >= 11 is 5.88. The van der Waals surface area contributed by atoms with Crippen LogP contribution in [0.4, 0.5) is 5.82 Å². The molecule has 0 atom stereocenters. The molecule has 7 nitrogen and oxygen atoms in total. The Morgan fingerprint density at radius 3 is 2.54 bits per heavy atom. The van der Waals surface area contributed by atoms with Crippen molar-refractivity contribution in [3.05, 3.63) is 47.5 Å². The number of fused-ring (bicyclic) bond motifs is 1. The minimum Gasteiger partial charge on any atom is -0.351 e. The lowest BCUT2D eigenvalue weighted by atomic mass is 10.2. The van der Waals surface area contributed by atoms with E-state index in [1.54, 1.807) is 30.6 Å². The number of nitrogens with zero attached hydrogens (tertiary/aromatic N) is 5. The van der Waals surface area contributed by atoms with E-state index in [2.05, 4.69) is 24.8 Å². The summed E-state index contributed by atoms with van der Waals surface area (Å²) in [6.07, 6.45) is 3.13. The van der Waals surface area contributed by atoms with Gasteiger partial charge < -0.3 is 14.8 Å². The molecule has 4 rings (SSSR count). The monoisotopic (exact) mass is 342 g/mol. The van der Waals surface area contributed by atoms with Crippen molar-refractivity contribution < 1.29 is 4.79 Å². The van der Waals surface area contributed by atoms with Gasteiger partial charge in [-0.15, -0.1) is 0 Å². The summed E-state index contributed by atoms with van der Waals surface area (Å²) in [5.41, 5.74) is 2.14. The highest BCUT2D eigenvalue weighted by atomic mass is 35.5. The van der Waals surface area contributed by atoms with E-state index in [9.17, 15) is 4.79 Å². The number of carbonyl (C=O) groups excluding carboxylic acids is 1. The van der Waals surface area contributed by atoms with Gasteiger partial charge in [-0.2, -0.15) is 0 Å². The summed E-state index contributed by atoms with van der Waals surface area (Å²) in [6, 6.07) is 6.99. The van der Waals surface area contributed by atoms with E-state index in [1.165, 1.54) is 6.33 Å². The van der Waals surface area contributed by atoms with Crippen molar-refractivity contribution in [2.24, 2.45) is 0 Å². The zero-order valence-corrected chi connectivity index (χ0v) is 13.6. The van der Waals surface area contributed by atoms with Gasteiger partial charge in [-0.25, -0.2) is 15.0 Å². The molecule has 0 radical (unpaired) electrons. The molecule has 3 heterocycles. The Bertz CT molecular complexity index is 870. The maximum atomic E-state index is 12.5. The summed E-state index contributed by atoms with van der Waals surface area (Å²) < 4.78 is 0. The Morgan fingerprint density at radius 1 is 1.04 bits per heavy atom. The minimum atomic E-state index is 0.0284. The number of rotatable bonds is 2. The number of aromatic amines is 1. The van der Waals surface area contributed by atoms with Crippen LogP contribution in [0.2, 0.25) is 5.02 Å². The van der Waals surface area contributed by atoms with Crippen LogP contribution in [-0.2, 0) is 0 Å². The summed E-state index contributed by atoms with van der Waals surface area (Å²) in [5, 5.41) is 0.628. The zero-order valence-electron chi connectivity index (χ0n) is 12.8. The van der Waals surface area contributed by atoms with Gasteiger partial charge in [0.2, 0.25) is 0 Å². The normalized spacial score (nSPS) is 15.0. The average Bonchev–Trinajstić information content (AvgIpc) is 3.11. The van der Waals surface area contributed by atoms with Crippen LogP contribution < -0.4 is 4.90 Å². The van der Waals surface area contributed by atoms with E-state index in [0.717, 1.165) is 11.3 Å². The van der Waals surface area contributed by atoms with Crippen LogP contribution in [0.25, 0.3) is 11.2 Å². The van der Waals surface area contributed by atoms with Gasteiger partial charge in [-0.05, 0) is 24.3 Å². The van der Waals surface area contributed by atoms with Crippen molar-refractivity contribution in [1.82, 2.24) is 24.8 Å². The molecular weight excluding hydrogens is 328 g/mol. The van der Waals surface area contributed by atoms with E-state index in [1.807, 2.05) is 4.90 Å². The molecule has 1 saturated heterocycles. The third-order valence-corrected chi connectivity index (χ3v) is 4.41. The predicted octanol–water partition coefficient (Wildman–Crippen LogP) is 1.97. The number of carbonyl (C=O) groups is 1. The van der Waals surface area contributed by atoms with Gasteiger partial charge in [-0.1, -0.05) is 11.6 Å². The van der Waals surface area contributed by atoms with Gasteiger partial charge in [0.1, 0.15) is 11.8 Å². The fourth-order valence-electron chi connectivity index (χ4n) is 2.89. The van der Waals surface area contributed by atoms with Crippen LogP contribution in [0.5, 0.6) is 0 Å². The van der Waals surface area contributed by atoms with Gasteiger partial charge in [-0.3, -0.25) is 4.79 Å². The predicted molar refractivity (Wildman–Crippen MR) is 91.3 cm³/mol. The number of H-pyrrole nitrogens is 1. The van der Waals surface area contributed by atoms with Crippen molar-refractivity contribution in [3.8, 4) is 0 Å². The van der Waals surface area contributed by atoms with Crippen LogP contribution in [0.1, 0.15) is 10.4 Å². The molecule has 1 aliphatic rings. The molecule has 1 amide bonds. The van der Waals surface area contributed by atoms with Gasteiger partial charge in [0.25, 0.3) is 5.91 Å². The van der Waals surface area contributed by atoms with Gasteiger partial charge >= 0.3 is 0 Å². The molecule has 24 heavy (non-hydrogen) atoms. The molecule has 0 saturated carbocycles. The lowest BCUT2D eigenvalue weighted by Crippen LogP contribution is -2.49. The number of imidazole rings is 1. The van der Waals surface area contributed by atoms with Crippen molar-refractivity contribution in [3.63, 3.8) is 0 Å². The fraction of sp³-hybridized carbons (Fsp3) is 0.250. The number of halogens is 1. The second kappa shape index (κ2) is 6.09. The highest BCUT2D eigenvalue weighted by molar-refractivity contribution is 6.30. The first kappa shape index (κ1) is 14.9.